The number of hydrogen-bond donors (Lipinski definition) is 0. The molecule has 2 rings (SSSR count). The number of carbonyl (C=O) groups is 1. The molecule has 1 unspecified atom stereocenters. The van der Waals surface area contributed by atoms with E-state index in [2.05, 4.69) is 13.0 Å². The van der Waals surface area contributed by atoms with Gasteiger partial charge in [-0.15, -0.1) is 0 Å². The van der Waals surface area contributed by atoms with Crippen LogP contribution in [0.5, 0.6) is 5.75 Å². The highest BCUT2D eigenvalue weighted by molar-refractivity contribution is 5.84. The molecule has 1 aromatic rings. The fourth-order valence-corrected chi connectivity index (χ4v) is 2.10. The van der Waals surface area contributed by atoms with Gasteiger partial charge in [-0.3, -0.25) is 4.79 Å². The number of carbonyl (C=O) groups excluding carboxylic acids is 1. The Morgan fingerprint density at radius 1 is 1.35 bits per heavy atom. The van der Waals surface area contributed by atoms with Crippen LogP contribution < -0.4 is 4.74 Å². The predicted octanol–water partition coefficient (Wildman–Crippen LogP) is 3.85. The molecule has 0 aliphatic carbocycles. The van der Waals surface area contributed by atoms with Crippen LogP contribution >= 0.6 is 0 Å². The maximum atomic E-state index is 10.9. The summed E-state index contributed by atoms with van der Waals surface area (Å²) in [5, 5.41) is 0. The summed E-state index contributed by atoms with van der Waals surface area (Å²) in [5.74, 6) is 0.832. The molecule has 0 aromatic heterocycles. The monoisotopic (exact) mass is 230 g/mol. The van der Waals surface area contributed by atoms with Crippen molar-refractivity contribution in [3.8, 4) is 5.75 Å². The summed E-state index contributed by atoms with van der Waals surface area (Å²) in [7, 11) is 0. The molecule has 0 N–H and O–H groups in total. The highest BCUT2D eigenvalue weighted by Gasteiger charge is 2.16. The third kappa shape index (κ3) is 2.76. The van der Waals surface area contributed by atoms with Crippen LogP contribution in [0.15, 0.2) is 24.3 Å². The first-order valence-corrected chi connectivity index (χ1v) is 6.28. The van der Waals surface area contributed by atoms with Crippen molar-refractivity contribution >= 4 is 12.4 Å². The minimum atomic E-state index is 0.163. The molecule has 1 heterocycles. The third-order valence-corrected chi connectivity index (χ3v) is 3.07. The molecule has 2 nitrogen and oxygen atoms in total. The summed E-state index contributed by atoms with van der Waals surface area (Å²) >= 11 is 0. The minimum absolute atomic E-state index is 0.163. The maximum absolute atomic E-state index is 10.9. The van der Waals surface area contributed by atoms with Crippen LogP contribution in [0, 0.1) is 0 Å². The summed E-state index contributed by atoms with van der Waals surface area (Å²) in [4.78, 5) is 10.9. The topological polar surface area (TPSA) is 26.3 Å². The molecule has 1 atom stereocenters. The Hall–Kier alpha value is -1.57. The Morgan fingerprint density at radius 2 is 2.24 bits per heavy atom. The van der Waals surface area contributed by atoms with E-state index in [4.69, 9.17) is 4.74 Å². The molecule has 0 saturated heterocycles. The minimum Gasteiger partial charge on any atom is -0.486 e. The lowest BCUT2D eigenvalue weighted by Gasteiger charge is -2.22. The van der Waals surface area contributed by atoms with Gasteiger partial charge in [-0.05, 0) is 25.0 Å². The second kappa shape index (κ2) is 5.67. The molecule has 0 spiro atoms. The van der Waals surface area contributed by atoms with Gasteiger partial charge in [0, 0.05) is 11.1 Å². The predicted molar refractivity (Wildman–Crippen MR) is 69.4 cm³/mol. The molecule has 0 amide bonds. The molecule has 1 aromatic carbocycles. The molecule has 2 heteroatoms. The lowest BCUT2D eigenvalue weighted by atomic mass is 10.0. The Balaban J connectivity index is 2.07. The van der Waals surface area contributed by atoms with Gasteiger partial charge in [-0.25, -0.2) is 0 Å². The van der Waals surface area contributed by atoms with Gasteiger partial charge in [-0.1, -0.05) is 38.0 Å². The quantitative estimate of drug-likeness (QED) is 0.567. The van der Waals surface area contributed by atoms with Crippen LogP contribution in [-0.4, -0.2) is 12.4 Å². The molecule has 0 bridgehead atoms. The first-order valence-electron chi connectivity index (χ1n) is 6.28. The summed E-state index contributed by atoms with van der Waals surface area (Å²) < 4.78 is 5.88. The Kier molecular flexibility index (Phi) is 3.97. The van der Waals surface area contributed by atoms with Crippen LogP contribution in [0.3, 0.4) is 0 Å². The van der Waals surface area contributed by atoms with Gasteiger partial charge >= 0.3 is 0 Å². The van der Waals surface area contributed by atoms with Gasteiger partial charge in [0.05, 0.1) is 0 Å². The van der Waals surface area contributed by atoms with E-state index < -0.39 is 0 Å². The molecule has 17 heavy (non-hydrogen) atoms. The molecule has 0 saturated carbocycles. The lowest BCUT2D eigenvalue weighted by molar-refractivity contribution is 0.112. The SMILES string of the molecule is CCCCCC1C=Cc2c(C=O)cccc2O1. The average Bonchev–Trinajstić information content (AvgIpc) is 2.38. The largest absolute Gasteiger partial charge is 0.486 e. The molecule has 90 valence electrons. The number of rotatable bonds is 5. The first kappa shape index (κ1) is 11.9. The van der Waals surface area contributed by atoms with Gasteiger partial charge in [0.2, 0.25) is 0 Å². The van der Waals surface area contributed by atoms with Crippen molar-refractivity contribution < 1.29 is 9.53 Å². The van der Waals surface area contributed by atoms with Crippen molar-refractivity contribution in [1.82, 2.24) is 0 Å². The lowest BCUT2D eigenvalue weighted by Crippen LogP contribution is -2.17. The zero-order chi connectivity index (χ0) is 12.1. The molecule has 1 aliphatic heterocycles. The summed E-state index contributed by atoms with van der Waals surface area (Å²) in [6.45, 7) is 2.20. The van der Waals surface area contributed by atoms with E-state index in [1.807, 2.05) is 24.3 Å². The number of unbranched alkanes of at least 4 members (excludes halogenated alkanes) is 2. The molecular weight excluding hydrogens is 212 g/mol. The third-order valence-electron chi connectivity index (χ3n) is 3.07. The standard InChI is InChI=1S/C15H18O2/c1-2-3-4-7-13-9-10-14-12(11-16)6-5-8-15(14)17-13/h5-6,8-11,13H,2-4,7H2,1H3. The number of hydrogen-bond acceptors (Lipinski definition) is 2. The zero-order valence-corrected chi connectivity index (χ0v) is 10.2. The zero-order valence-electron chi connectivity index (χ0n) is 10.2. The Labute approximate surface area is 102 Å². The van der Waals surface area contributed by atoms with Crippen molar-refractivity contribution in [3.05, 3.63) is 35.4 Å². The first-order chi connectivity index (χ1) is 8.35. The van der Waals surface area contributed by atoms with E-state index in [-0.39, 0.29) is 6.10 Å². The van der Waals surface area contributed by atoms with E-state index in [0.29, 0.717) is 5.56 Å². The molecule has 0 radical (unpaired) electrons. The molecule has 0 fully saturated rings. The van der Waals surface area contributed by atoms with Crippen LogP contribution in [-0.2, 0) is 0 Å². The fraction of sp³-hybridized carbons (Fsp3) is 0.400. The number of benzene rings is 1. The van der Waals surface area contributed by atoms with Gasteiger partial charge in [0.1, 0.15) is 11.9 Å². The summed E-state index contributed by atoms with van der Waals surface area (Å²) in [6.07, 6.45) is 9.82. The van der Waals surface area contributed by atoms with Crippen molar-refractivity contribution in [1.29, 1.82) is 0 Å². The Bertz CT molecular complexity index is 421. The van der Waals surface area contributed by atoms with E-state index >= 15 is 0 Å². The van der Waals surface area contributed by atoms with Gasteiger partial charge in [0.25, 0.3) is 0 Å². The Morgan fingerprint density at radius 3 is 3.00 bits per heavy atom. The van der Waals surface area contributed by atoms with E-state index in [1.165, 1.54) is 19.3 Å². The van der Waals surface area contributed by atoms with Crippen molar-refractivity contribution in [2.45, 2.75) is 38.7 Å². The van der Waals surface area contributed by atoms with Crippen LogP contribution in [0.1, 0.15) is 48.5 Å². The smallest absolute Gasteiger partial charge is 0.150 e. The van der Waals surface area contributed by atoms with Gasteiger partial charge in [-0.2, -0.15) is 0 Å². The van der Waals surface area contributed by atoms with Crippen LogP contribution in [0.2, 0.25) is 0 Å². The van der Waals surface area contributed by atoms with Gasteiger partial charge < -0.3 is 4.74 Å². The number of fused-ring (bicyclic) bond motifs is 1. The van der Waals surface area contributed by atoms with Crippen LogP contribution in [0.25, 0.3) is 6.08 Å². The van der Waals surface area contributed by atoms with E-state index in [1.54, 1.807) is 0 Å². The summed E-state index contributed by atoms with van der Waals surface area (Å²) in [5.41, 5.74) is 1.61. The normalized spacial score (nSPS) is 17.4. The summed E-state index contributed by atoms with van der Waals surface area (Å²) in [6, 6.07) is 5.61. The number of ether oxygens (including phenoxy) is 1. The maximum Gasteiger partial charge on any atom is 0.150 e. The van der Waals surface area contributed by atoms with E-state index in [9.17, 15) is 4.79 Å². The van der Waals surface area contributed by atoms with Crippen molar-refractivity contribution in [3.63, 3.8) is 0 Å². The van der Waals surface area contributed by atoms with Crippen molar-refractivity contribution in [2.24, 2.45) is 0 Å². The van der Waals surface area contributed by atoms with Crippen LogP contribution in [0.4, 0.5) is 0 Å². The van der Waals surface area contributed by atoms with Crippen molar-refractivity contribution in [2.75, 3.05) is 0 Å². The molecule has 1 aliphatic rings. The highest BCUT2D eigenvalue weighted by Crippen LogP contribution is 2.29. The fourth-order valence-electron chi connectivity index (χ4n) is 2.10. The second-order valence-corrected chi connectivity index (χ2v) is 4.39. The number of aldehydes is 1. The molecular formula is C15H18O2. The second-order valence-electron chi connectivity index (χ2n) is 4.39. The van der Waals surface area contributed by atoms with E-state index in [0.717, 1.165) is 24.0 Å². The van der Waals surface area contributed by atoms with Gasteiger partial charge in [0.15, 0.2) is 6.29 Å². The average molecular weight is 230 g/mol. The highest BCUT2D eigenvalue weighted by atomic mass is 16.5.